The van der Waals surface area contributed by atoms with Crippen LogP contribution in [0.4, 0.5) is 0 Å². The summed E-state index contributed by atoms with van der Waals surface area (Å²) in [5, 5.41) is 17.8. The summed E-state index contributed by atoms with van der Waals surface area (Å²) in [5.41, 5.74) is 0.754. The normalized spacial score (nSPS) is 22.2. The number of nitrogens with zero attached hydrogens (tertiary/aromatic N) is 5. The molecule has 0 fully saturated rings. The molecule has 0 saturated heterocycles. The van der Waals surface area contributed by atoms with Crippen molar-refractivity contribution in [2.75, 3.05) is 40.0 Å². The molecular weight excluding hydrogens is 514 g/mol. The van der Waals surface area contributed by atoms with E-state index in [0.717, 1.165) is 12.1 Å². The van der Waals surface area contributed by atoms with Crippen molar-refractivity contribution in [1.82, 2.24) is 24.2 Å². The fraction of sp³-hybridized carbons (Fsp3) is 0.640. The Hall–Kier alpha value is -2.74. The molecule has 1 amide bonds. The van der Waals surface area contributed by atoms with Crippen LogP contribution in [0, 0.1) is 5.92 Å². The van der Waals surface area contributed by atoms with Crippen molar-refractivity contribution in [3.05, 3.63) is 30.1 Å². The maximum Gasteiger partial charge on any atom is 0.243 e. The third-order valence-electron chi connectivity index (χ3n) is 7.00. The molecule has 2 aromatic rings. The number of sulfonamides is 1. The van der Waals surface area contributed by atoms with Crippen molar-refractivity contribution in [3.8, 4) is 11.5 Å². The van der Waals surface area contributed by atoms with Crippen LogP contribution < -0.4 is 9.47 Å². The number of aliphatic hydroxyl groups is 1. The first-order chi connectivity index (χ1) is 18.2. The second-order valence-electron chi connectivity index (χ2n) is 9.90. The van der Waals surface area contributed by atoms with E-state index in [-0.39, 0.29) is 42.5 Å². The van der Waals surface area contributed by atoms with Crippen molar-refractivity contribution in [2.45, 2.75) is 63.3 Å². The molecule has 2 aliphatic rings. The van der Waals surface area contributed by atoms with E-state index in [9.17, 15) is 18.3 Å². The minimum Gasteiger partial charge on any atom is -0.490 e. The van der Waals surface area contributed by atoms with Gasteiger partial charge in [0, 0.05) is 51.5 Å². The van der Waals surface area contributed by atoms with E-state index in [1.54, 1.807) is 28.8 Å². The van der Waals surface area contributed by atoms with Gasteiger partial charge in [-0.3, -0.25) is 4.79 Å². The van der Waals surface area contributed by atoms with E-state index < -0.39 is 16.1 Å². The Balaban J connectivity index is 1.58. The fourth-order valence-corrected chi connectivity index (χ4v) is 5.78. The number of amides is 1. The quantitative estimate of drug-likeness (QED) is 0.563. The van der Waals surface area contributed by atoms with Gasteiger partial charge in [0.2, 0.25) is 15.9 Å². The third-order valence-corrected chi connectivity index (χ3v) is 8.82. The Morgan fingerprint density at radius 1 is 1.21 bits per heavy atom. The van der Waals surface area contributed by atoms with E-state index in [2.05, 4.69) is 10.3 Å². The number of hydrogen-bond donors (Lipinski definition) is 1. The van der Waals surface area contributed by atoms with Crippen molar-refractivity contribution < 1.29 is 32.5 Å². The Kier molecular flexibility index (Phi) is 9.23. The topological polar surface area (TPSA) is 136 Å². The molecule has 1 aromatic carbocycles. The smallest absolute Gasteiger partial charge is 0.243 e. The van der Waals surface area contributed by atoms with Crippen LogP contribution in [0.2, 0.25) is 0 Å². The standard InChI is InChI=1S/C25H37N5O7S/c1-18-14-29(19(2)16-31)25(32)6-4-9-30-20(13-26-27-30)17-37-24(18)15-28(3)38(33,34)21-7-8-22-23(12-21)36-11-5-10-35-22/h7-8,12-13,18-19,24,31H,4-6,9-11,14-17H2,1-3H3/t18-,19+,24-/m0/s1. The predicted octanol–water partition coefficient (Wildman–Crippen LogP) is 1.28. The molecule has 38 heavy (non-hydrogen) atoms. The third kappa shape index (κ3) is 6.45. The van der Waals surface area contributed by atoms with Gasteiger partial charge in [-0.1, -0.05) is 12.1 Å². The molecule has 13 heteroatoms. The molecule has 4 rings (SSSR count). The zero-order valence-corrected chi connectivity index (χ0v) is 23.0. The number of benzene rings is 1. The van der Waals surface area contributed by atoms with Gasteiger partial charge in [-0.05, 0) is 25.5 Å². The van der Waals surface area contributed by atoms with Gasteiger partial charge < -0.3 is 24.2 Å². The van der Waals surface area contributed by atoms with Crippen LogP contribution >= 0.6 is 0 Å². The van der Waals surface area contributed by atoms with Crippen LogP contribution in [-0.2, 0) is 32.7 Å². The highest BCUT2D eigenvalue weighted by atomic mass is 32.2. The molecule has 0 unspecified atom stereocenters. The number of aryl methyl sites for hydroxylation is 1. The maximum atomic E-state index is 13.5. The Morgan fingerprint density at radius 2 is 1.97 bits per heavy atom. The number of rotatable bonds is 6. The molecule has 3 heterocycles. The number of aliphatic hydroxyl groups excluding tert-OH is 1. The lowest BCUT2D eigenvalue weighted by atomic mass is 10.0. The zero-order chi connectivity index (χ0) is 27.3. The molecular formula is C25H37N5O7S. The summed E-state index contributed by atoms with van der Waals surface area (Å²) in [6.45, 7) is 5.58. The lowest BCUT2D eigenvalue weighted by Gasteiger charge is -2.35. The molecule has 12 nitrogen and oxygen atoms in total. The number of carbonyl (C=O) groups is 1. The van der Waals surface area contributed by atoms with E-state index in [0.29, 0.717) is 50.6 Å². The molecule has 2 aliphatic heterocycles. The van der Waals surface area contributed by atoms with E-state index in [4.69, 9.17) is 14.2 Å². The molecule has 0 radical (unpaired) electrons. The molecule has 0 bridgehead atoms. The SMILES string of the molecule is C[C@H](CO)N1C[C@H](C)[C@H](CN(C)S(=O)(=O)c2ccc3c(c2)OCCCO3)OCc2cnnn2CCCC1=O. The number of likely N-dealkylation sites (N-methyl/N-ethyl adjacent to an activating group) is 1. The highest BCUT2D eigenvalue weighted by Gasteiger charge is 2.32. The highest BCUT2D eigenvalue weighted by Crippen LogP contribution is 2.33. The van der Waals surface area contributed by atoms with Crippen LogP contribution in [0.5, 0.6) is 11.5 Å². The molecule has 0 spiro atoms. The first-order valence-electron chi connectivity index (χ1n) is 13.0. The van der Waals surface area contributed by atoms with Gasteiger partial charge >= 0.3 is 0 Å². The monoisotopic (exact) mass is 551 g/mol. The van der Waals surface area contributed by atoms with Crippen molar-refractivity contribution in [2.24, 2.45) is 5.92 Å². The highest BCUT2D eigenvalue weighted by molar-refractivity contribution is 7.89. The minimum atomic E-state index is -3.89. The number of fused-ring (bicyclic) bond motifs is 2. The second kappa shape index (κ2) is 12.4. The average Bonchev–Trinajstić information content (AvgIpc) is 3.21. The summed E-state index contributed by atoms with van der Waals surface area (Å²) < 4.78 is 47.6. The summed E-state index contributed by atoms with van der Waals surface area (Å²) in [6, 6.07) is 4.24. The van der Waals surface area contributed by atoms with Gasteiger partial charge in [0.05, 0.1) is 55.4 Å². The molecule has 1 N–H and O–H groups in total. The molecule has 0 saturated carbocycles. The van der Waals surface area contributed by atoms with Gasteiger partial charge in [-0.15, -0.1) is 5.10 Å². The molecule has 0 aliphatic carbocycles. The largest absolute Gasteiger partial charge is 0.490 e. The van der Waals surface area contributed by atoms with Gasteiger partial charge in [-0.2, -0.15) is 4.31 Å². The van der Waals surface area contributed by atoms with Crippen LogP contribution in [-0.4, -0.2) is 95.7 Å². The lowest BCUT2D eigenvalue weighted by Crippen LogP contribution is -2.47. The predicted molar refractivity (Wildman–Crippen MR) is 137 cm³/mol. The Morgan fingerprint density at radius 3 is 2.74 bits per heavy atom. The minimum absolute atomic E-state index is 0.0506. The summed E-state index contributed by atoms with van der Waals surface area (Å²) in [4.78, 5) is 14.8. The van der Waals surface area contributed by atoms with Crippen LogP contribution in [0.3, 0.4) is 0 Å². The number of aromatic nitrogens is 3. The first kappa shape index (κ1) is 28.3. The van der Waals surface area contributed by atoms with Crippen LogP contribution in [0.1, 0.15) is 38.8 Å². The number of hydrogen-bond acceptors (Lipinski definition) is 9. The van der Waals surface area contributed by atoms with Gasteiger partial charge in [-0.25, -0.2) is 13.1 Å². The van der Waals surface area contributed by atoms with Crippen molar-refractivity contribution >= 4 is 15.9 Å². The van der Waals surface area contributed by atoms with Crippen LogP contribution in [0.25, 0.3) is 0 Å². The Labute approximate surface area is 223 Å². The molecule has 210 valence electrons. The van der Waals surface area contributed by atoms with E-state index in [1.807, 2.05) is 6.92 Å². The first-order valence-corrected chi connectivity index (χ1v) is 14.4. The second-order valence-corrected chi connectivity index (χ2v) is 11.9. The summed E-state index contributed by atoms with van der Waals surface area (Å²) in [6.07, 6.45) is 2.67. The number of ether oxygens (including phenoxy) is 3. The summed E-state index contributed by atoms with van der Waals surface area (Å²) >= 11 is 0. The zero-order valence-electron chi connectivity index (χ0n) is 22.2. The lowest BCUT2D eigenvalue weighted by molar-refractivity contribution is -0.136. The van der Waals surface area contributed by atoms with Gasteiger partial charge in [0.25, 0.3) is 0 Å². The van der Waals surface area contributed by atoms with E-state index >= 15 is 0 Å². The molecule has 1 aromatic heterocycles. The molecule has 3 atom stereocenters. The van der Waals surface area contributed by atoms with E-state index in [1.165, 1.54) is 23.5 Å². The van der Waals surface area contributed by atoms with Gasteiger partial charge in [0.15, 0.2) is 11.5 Å². The maximum absolute atomic E-state index is 13.5. The fourth-order valence-electron chi connectivity index (χ4n) is 4.58. The van der Waals surface area contributed by atoms with Crippen molar-refractivity contribution in [1.29, 1.82) is 0 Å². The number of carbonyl (C=O) groups excluding carboxylic acids is 1. The van der Waals surface area contributed by atoms with Crippen LogP contribution in [0.15, 0.2) is 29.3 Å². The summed E-state index contributed by atoms with van der Waals surface area (Å²) in [7, 11) is -2.38. The van der Waals surface area contributed by atoms with Crippen molar-refractivity contribution in [3.63, 3.8) is 0 Å². The average molecular weight is 552 g/mol. The van der Waals surface area contributed by atoms with Gasteiger partial charge in [0.1, 0.15) is 0 Å². The summed E-state index contributed by atoms with van der Waals surface area (Å²) in [5.74, 6) is 0.611. The Bertz CT molecular complexity index is 1200.